The maximum Gasteiger partial charge on any atom is 0.238 e. The van der Waals surface area contributed by atoms with Crippen LogP contribution in [0.3, 0.4) is 0 Å². The van der Waals surface area contributed by atoms with Gasteiger partial charge in [-0.05, 0) is 56.2 Å². The van der Waals surface area contributed by atoms with E-state index < -0.39 is 0 Å². The van der Waals surface area contributed by atoms with Crippen molar-refractivity contribution in [3.63, 3.8) is 0 Å². The molecule has 1 N–H and O–H groups in total. The maximum atomic E-state index is 12.6. The predicted molar refractivity (Wildman–Crippen MR) is 101 cm³/mol. The molecule has 1 aromatic heterocycles. The van der Waals surface area contributed by atoms with Crippen molar-refractivity contribution in [2.45, 2.75) is 30.4 Å². The molecule has 1 amide bonds. The van der Waals surface area contributed by atoms with Crippen molar-refractivity contribution in [1.29, 1.82) is 0 Å². The highest BCUT2D eigenvalue weighted by molar-refractivity contribution is 8.01. The monoisotopic (exact) mass is 349 g/mol. The van der Waals surface area contributed by atoms with E-state index in [0.29, 0.717) is 0 Å². The Kier molecular flexibility index (Phi) is 4.09. The summed E-state index contributed by atoms with van der Waals surface area (Å²) in [6, 6.07) is 18.1. The van der Waals surface area contributed by atoms with Gasteiger partial charge in [0.2, 0.25) is 5.91 Å². The SMILES string of the molecule is Cc1cc(C)n(-c2cccc(NC(=O)C3Cc4ccccc4S3)c2)n1. The van der Waals surface area contributed by atoms with Crippen LogP contribution in [0.2, 0.25) is 0 Å². The van der Waals surface area contributed by atoms with Crippen LogP contribution in [0.15, 0.2) is 59.5 Å². The first-order valence-electron chi connectivity index (χ1n) is 8.29. The quantitative estimate of drug-likeness (QED) is 0.773. The number of hydrogen-bond donors (Lipinski definition) is 1. The molecule has 1 atom stereocenters. The number of nitrogens with one attached hydrogen (secondary N) is 1. The first-order valence-corrected chi connectivity index (χ1v) is 9.17. The van der Waals surface area contributed by atoms with Gasteiger partial charge in [0.05, 0.1) is 16.6 Å². The molecular formula is C20H19N3OS. The first-order chi connectivity index (χ1) is 12.1. The van der Waals surface area contributed by atoms with Crippen LogP contribution >= 0.6 is 11.8 Å². The van der Waals surface area contributed by atoms with Gasteiger partial charge >= 0.3 is 0 Å². The standard InChI is InChI=1S/C20H19N3OS/c1-13-10-14(2)23(22-13)17-8-5-7-16(12-17)21-20(24)19-11-15-6-3-4-9-18(15)25-19/h3-10,12,19H,11H2,1-2H3,(H,21,24). The van der Waals surface area contributed by atoms with Gasteiger partial charge in [-0.2, -0.15) is 5.10 Å². The van der Waals surface area contributed by atoms with Gasteiger partial charge in [-0.15, -0.1) is 11.8 Å². The van der Waals surface area contributed by atoms with Gasteiger partial charge in [0.25, 0.3) is 0 Å². The fourth-order valence-corrected chi connectivity index (χ4v) is 4.35. The van der Waals surface area contributed by atoms with Crippen LogP contribution in [0.5, 0.6) is 0 Å². The zero-order valence-corrected chi connectivity index (χ0v) is 15.0. The number of carbonyl (C=O) groups is 1. The van der Waals surface area contributed by atoms with E-state index in [1.54, 1.807) is 11.8 Å². The summed E-state index contributed by atoms with van der Waals surface area (Å²) in [5.74, 6) is 0.0479. The van der Waals surface area contributed by atoms with E-state index in [1.165, 1.54) is 10.5 Å². The minimum Gasteiger partial charge on any atom is -0.325 e. The highest BCUT2D eigenvalue weighted by Crippen LogP contribution is 2.37. The lowest BCUT2D eigenvalue weighted by Gasteiger charge is -2.12. The minimum atomic E-state index is -0.0743. The number of benzene rings is 2. The van der Waals surface area contributed by atoms with Crippen molar-refractivity contribution < 1.29 is 4.79 Å². The molecule has 0 saturated carbocycles. The lowest BCUT2D eigenvalue weighted by molar-refractivity contribution is -0.115. The molecule has 1 aliphatic rings. The van der Waals surface area contributed by atoms with Crippen molar-refractivity contribution >= 4 is 23.4 Å². The molecule has 126 valence electrons. The molecule has 4 nitrogen and oxygen atoms in total. The molecule has 1 unspecified atom stereocenters. The average molecular weight is 349 g/mol. The summed E-state index contributed by atoms with van der Waals surface area (Å²) >= 11 is 1.64. The van der Waals surface area contributed by atoms with Crippen molar-refractivity contribution in [2.24, 2.45) is 0 Å². The second-order valence-electron chi connectivity index (χ2n) is 6.30. The van der Waals surface area contributed by atoms with Crippen LogP contribution in [0, 0.1) is 13.8 Å². The van der Waals surface area contributed by atoms with Crippen molar-refractivity contribution in [3.8, 4) is 5.69 Å². The molecule has 4 rings (SSSR count). The van der Waals surface area contributed by atoms with E-state index in [9.17, 15) is 4.79 Å². The van der Waals surface area contributed by atoms with Crippen molar-refractivity contribution in [1.82, 2.24) is 9.78 Å². The molecule has 0 aliphatic carbocycles. The Morgan fingerprint density at radius 2 is 2.00 bits per heavy atom. The Morgan fingerprint density at radius 3 is 2.76 bits per heavy atom. The van der Waals surface area contributed by atoms with E-state index in [0.717, 1.165) is 29.2 Å². The van der Waals surface area contributed by atoms with Crippen molar-refractivity contribution in [2.75, 3.05) is 5.32 Å². The Labute approximate surface area is 151 Å². The molecule has 5 heteroatoms. The van der Waals surface area contributed by atoms with E-state index in [4.69, 9.17) is 0 Å². The zero-order chi connectivity index (χ0) is 17.4. The van der Waals surface area contributed by atoms with Crippen molar-refractivity contribution in [3.05, 3.63) is 71.5 Å². The van der Waals surface area contributed by atoms with Gasteiger partial charge in [-0.1, -0.05) is 24.3 Å². The summed E-state index contributed by atoms with van der Waals surface area (Å²) in [7, 11) is 0. The number of aromatic nitrogens is 2. The van der Waals surface area contributed by atoms with Gasteiger partial charge in [-0.25, -0.2) is 4.68 Å². The Bertz CT molecular complexity index is 923. The number of rotatable bonds is 3. The molecule has 25 heavy (non-hydrogen) atoms. The zero-order valence-electron chi connectivity index (χ0n) is 14.2. The van der Waals surface area contributed by atoms with E-state index >= 15 is 0 Å². The number of nitrogens with zero attached hydrogens (tertiary/aromatic N) is 2. The van der Waals surface area contributed by atoms with Gasteiger partial charge in [0, 0.05) is 16.3 Å². The molecular weight excluding hydrogens is 330 g/mol. The van der Waals surface area contributed by atoms with Gasteiger partial charge in [-0.3, -0.25) is 4.79 Å². The smallest absolute Gasteiger partial charge is 0.238 e. The molecule has 2 aromatic carbocycles. The molecule has 2 heterocycles. The number of anilines is 1. The van der Waals surface area contributed by atoms with Crippen LogP contribution in [0.25, 0.3) is 5.69 Å². The molecule has 0 fully saturated rings. The predicted octanol–water partition coefficient (Wildman–Crippen LogP) is 4.14. The van der Waals surface area contributed by atoms with Crippen LogP contribution in [-0.2, 0) is 11.2 Å². The van der Waals surface area contributed by atoms with E-state index in [1.807, 2.05) is 61.0 Å². The number of hydrogen-bond acceptors (Lipinski definition) is 3. The minimum absolute atomic E-state index is 0.0479. The first kappa shape index (κ1) is 16.0. The van der Waals surface area contributed by atoms with Crippen LogP contribution in [0.4, 0.5) is 5.69 Å². The number of carbonyl (C=O) groups excluding carboxylic acids is 1. The summed E-state index contributed by atoms with van der Waals surface area (Å²) in [5, 5.41) is 7.49. The number of thioether (sulfide) groups is 1. The molecule has 3 aromatic rings. The summed E-state index contributed by atoms with van der Waals surface area (Å²) in [6.07, 6.45) is 0.782. The van der Waals surface area contributed by atoms with Crippen LogP contribution in [-0.4, -0.2) is 20.9 Å². The molecule has 0 radical (unpaired) electrons. The third-order valence-corrected chi connectivity index (χ3v) is 5.62. The van der Waals surface area contributed by atoms with Gasteiger partial charge in [0.15, 0.2) is 0 Å². The molecule has 0 saturated heterocycles. The second-order valence-corrected chi connectivity index (χ2v) is 7.54. The third kappa shape index (κ3) is 3.20. The highest BCUT2D eigenvalue weighted by Gasteiger charge is 2.28. The summed E-state index contributed by atoms with van der Waals surface area (Å²) in [6.45, 7) is 4.00. The highest BCUT2D eigenvalue weighted by atomic mass is 32.2. The van der Waals surface area contributed by atoms with E-state index in [2.05, 4.69) is 22.5 Å². The Balaban J connectivity index is 1.51. The fourth-order valence-electron chi connectivity index (χ4n) is 3.16. The van der Waals surface area contributed by atoms with Crippen LogP contribution < -0.4 is 5.32 Å². The Hall–Kier alpha value is -2.53. The summed E-state index contributed by atoms with van der Waals surface area (Å²) in [4.78, 5) is 13.9. The lowest BCUT2D eigenvalue weighted by Crippen LogP contribution is -2.24. The van der Waals surface area contributed by atoms with Gasteiger partial charge in [0.1, 0.15) is 0 Å². The van der Waals surface area contributed by atoms with E-state index in [-0.39, 0.29) is 11.2 Å². The average Bonchev–Trinajstić information content (AvgIpc) is 3.18. The number of fused-ring (bicyclic) bond motifs is 1. The molecule has 0 spiro atoms. The molecule has 0 bridgehead atoms. The maximum absolute atomic E-state index is 12.6. The summed E-state index contributed by atoms with van der Waals surface area (Å²) < 4.78 is 1.89. The molecule has 1 aliphatic heterocycles. The summed E-state index contributed by atoms with van der Waals surface area (Å²) in [5.41, 5.74) is 5.05. The second kappa shape index (κ2) is 6.41. The fraction of sp³-hybridized carbons (Fsp3) is 0.200. The largest absolute Gasteiger partial charge is 0.325 e. The van der Waals surface area contributed by atoms with Gasteiger partial charge < -0.3 is 5.32 Å². The topological polar surface area (TPSA) is 46.9 Å². The Morgan fingerprint density at radius 1 is 1.16 bits per heavy atom. The number of amides is 1. The normalized spacial score (nSPS) is 15.8. The third-order valence-electron chi connectivity index (χ3n) is 4.31. The van der Waals surface area contributed by atoms with Crippen LogP contribution in [0.1, 0.15) is 17.0 Å². The number of aryl methyl sites for hydroxylation is 2. The lowest BCUT2D eigenvalue weighted by atomic mass is 10.1.